The number of aromatic nitrogens is 1. The van der Waals surface area contributed by atoms with Crippen LogP contribution in [0, 0.1) is 0 Å². The van der Waals surface area contributed by atoms with Gasteiger partial charge in [0.05, 0.1) is 11.0 Å². The molecule has 0 fully saturated rings. The number of Topliss-reactive ketones (excluding diaryl/α,β-unsaturated/α-hetero) is 1. The second-order valence-electron chi connectivity index (χ2n) is 5.47. The minimum Gasteiger partial charge on any atom is -0.309 e. The Morgan fingerprint density at radius 3 is 1.62 bits per heavy atom. The molecule has 2 heteroatoms. The molecule has 24 heavy (non-hydrogen) atoms. The van der Waals surface area contributed by atoms with E-state index in [4.69, 9.17) is 0 Å². The maximum atomic E-state index is 11.5. The lowest BCUT2D eigenvalue weighted by atomic mass is 10.1. The normalized spacial score (nSPS) is 10.5. The third kappa shape index (κ3) is 2.61. The van der Waals surface area contributed by atoms with Crippen molar-refractivity contribution in [1.82, 2.24) is 4.57 Å². The lowest BCUT2D eigenvalue weighted by Crippen LogP contribution is -1.96. The summed E-state index contributed by atoms with van der Waals surface area (Å²) >= 11 is 0. The van der Waals surface area contributed by atoms with Crippen LogP contribution in [0.15, 0.2) is 72.8 Å². The molecule has 1 heterocycles. The zero-order valence-corrected chi connectivity index (χ0v) is 14.3. The van der Waals surface area contributed by atoms with Gasteiger partial charge in [-0.1, -0.05) is 50.2 Å². The van der Waals surface area contributed by atoms with Crippen molar-refractivity contribution in [2.24, 2.45) is 0 Å². The predicted octanol–water partition coefficient (Wildman–Crippen LogP) is 6.01. The lowest BCUT2D eigenvalue weighted by Gasteiger charge is -2.08. The minimum absolute atomic E-state index is 0.0915. The maximum Gasteiger partial charge on any atom is 0.159 e. The Morgan fingerprint density at radius 2 is 1.17 bits per heavy atom. The second-order valence-corrected chi connectivity index (χ2v) is 5.47. The van der Waals surface area contributed by atoms with Gasteiger partial charge in [-0.05, 0) is 43.3 Å². The van der Waals surface area contributed by atoms with Crippen molar-refractivity contribution < 1.29 is 4.79 Å². The van der Waals surface area contributed by atoms with Crippen LogP contribution in [-0.4, -0.2) is 10.4 Å². The Hall–Kier alpha value is -2.87. The Balaban J connectivity index is 0.000000815. The average Bonchev–Trinajstić information content (AvgIpc) is 2.98. The second kappa shape index (κ2) is 6.71. The quantitative estimate of drug-likeness (QED) is 0.415. The molecule has 3 aromatic carbocycles. The number of benzene rings is 3. The number of rotatable bonds is 2. The Kier molecular flexibility index (Phi) is 4.48. The van der Waals surface area contributed by atoms with Crippen LogP contribution in [0.1, 0.15) is 31.1 Å². The van der Waals surface area contributed by atoms with Crippen molar-refractivity contribution in [3.05, 3.63) is 78.4 Å². The van der Waals surface area contributed by atoms with Gasteiger partial charge in [-0.25, -0.2) is 0 Å². The number of para-hydroxylation sites is 2. The van der Waals surface area contributed by atoms with Crippen LogP contribution in [-0.2, 0) is 0 Å². The Labute approximate surface area is 142 Å². The van der Waals surface area contributed by atoms with Crippen LogP contribution in [0.5, 0.6) is 0 Å². The predicted molar refractivity (Wildman–Crippen MR) is 102 cm³/mol. The van der Waals surface area contributed by atoms with Crippen molar-refractivity contribution in [3.8, 4) is 5.69 Å². The number of fused-ring (bicyclic) bond motifs is 3. The summed E-state index contributed by atoms with van der Waals surface area (Å²) < 4.78 is 2.24. The van der Waals surface area contributed by atoms with E-state index in [2.05, 4.69) is 53.1 Å². The molecule has 0 amide bonds. The van der Waals surface area contributed by atoms with Crippen LogP contribution < -0.4 is 0 Å². The summed E-state index contributed by atoms with van der Waals surface area (Å²) in [5.41, 5.74) is 4.17. The van der Waals surface area contributed by atoms with Gasteiger partial charge in [0, 0.05) is 22.0 Å². The van der Waals surface area contributed by atoms with Gasteiger partial charge in [0.25, 0.3) is 0 Å². The summed E-state index contributed by atoms with van der Waals surface area (Å²) in [6.07, 6.45) is 0. The number of hydrogen-bond acceptors (Lipinski definition) is 1. The highest BCUT2D eigenvalue weighted by Crippen LogP contribution is 2.31. The van der Waals surface area contributed by atoms with Gasteiger partial charge in [0.1, 0.15) is 0 Å². The van der Waals surface area contributed by atoms with E-state index in [1.807, 2.05) is 38.1 Å². The van der Waals surface area contributed by atoms with E-state index in [1.165, 1.54) is 21.8 Å². The van der Waals surface area contributed by atoms with E-state index in [9.17, 15) is 4.79 Å². The highest BCUT2D eigenvalue weighted by atomic mass is 16.1. The lowest BCUT2D eigenvalue weighted by molar-refractivity contribution is 0.101. The topological polar surface area (TPSA) is 22.0 Å². The molecule has 120 valence electrons. The summed E-state index contributed by atoms with van der Waals surface area (Å²) in [6, 6.07) is 24.6. The fraction of sp³-hybridized carbons (Fsp3) is 0.136. The zero-order valence-electron chi connectivity index (χ0n) is 14.3. The number of nitrogens with zero attached hydrogens (tertiary/aromatic N) is 1. The number of carbonyl (C=O) groups is 1. The van der Waals surface area contributed by atoms with Gasteiger partial charge in [-0.3, -0.25) is 4.79 Å². The number of hydrogen-bond donors (Lipinski definition) is 0. The molecule has 0 atom stereocenters. The van der Waals surface area contributed by atoms with Crippen LogP contribution in [0.4, 0.5) is 0 Å². The first-order valence-corrected chi connectivity index (χ1v) is 8.35. The fourth-order valence-electron chi connectivity index (χ4n) is 3.05. The van der Waals surface area contributed by atoms with Crippen molar-refractivity contribution in [2.75, 3.05) is 0 Å². The number of carbonyl (C=O) groups excluding carboxylic acids is 1. The van der Waals surface area contributed by atoms with Gasteiger partial charge in [-0.15, -0.1) is 0 Å². The first-order valence-electron chi connectivity index (χ1n) is 8.35. The molecule has 4 aromatic rings. The average molecular weight is 315 g/mol. The molecule has 1 aromatic heterocycles. The molecule has 0 spiro atoms. The first-order chi connectivity index (χ1) is 11.8. The van der Waals surface area contributed by atoms with Crippen molar-refractivity contribution in [1.29, 1.82) is 0 Å². The SMILES string of the molecule is CC.CC(=O)c1ccc(-n2c3ccccc3c3ccccc32)cc1. The molecule has 0 bridgehead atoms. The van der Waals surface area contributed by atoms with Gasteiger partial charge in [-0.2, -0.15) is 0 Å². The van der Waals surface area contributed by atoms with Gasteiger partial charge in [0.15, 0.2) is 5.78 Å². The molecule has 2 nitrogen and oxygen atoms in total. The van der Waals surface area contributed by atoms with Crippen LogP contribution in [0.3, 0.4) is 0 Å². The molecule has 0 aliphatic heterocycles. The zero-order chi connectivity index (χ0) is 17.1. The number of ketones is 1. The van der Waals surface area contributed by atoms with E-state index < -0.39 is 0 Å². The molecule has 0 saturated carbocycles. The molecule has 4 rings (SSSR count). The first kappa shape index (κ1) is 16.0. The van der Waals surface area contributed by atoms with Gasteiger partial charge >= 0.3 is 0 Å². The molecule has 0 unspecified atom stereocenters. The monoisotopic (exact) mass is 315 g/mol. The highest BCUT2D eigenvalue weighted by molar-refractivity contribution is 6.09. The molecule has 0 aliphatic rings. The molecule has 0 saturated heterocycles. The standard InChI is InChI=1S/C20H15NO.C2H6/c1-14(22)15-10-12-16(13-11-15)21-19-8-4-2-6-17(19)18-7-3-5-9-20(18)21;1-2/h2-13H,1H3;1-2H3. The van der Waals surface area contributed by atoms with Crippen LogP contribution >= 0.6 is 0 Å². The molecular formula is C22H21NO. The third-order valence-corrected chi connectivity index (χ3v) is 4.11. The largest absolute Gasteiger partial charge is 0.309 e. The van der Waals surface area contributed by atoms with Gasteiger partial charge < -0.3 is 4.57 Å². The molecule has 0 N–H and O–H groups in total. The van der Waals surface area contributed by atoms with E-state index in [-0.39, 0.29) is 5.78 Å². The smallest absolute Gasteiger partial charge is 0.159 e. The summed E-state index contributed by atoms with van der Waals surface area (Å²) in [4.78, 5) is 11.5. The Bertz CT molecular complexity index is 940. The summed E-state index contributed by atoms with van der Waals surface area (Å²) in [5, 5.41) is 2.49. The van der Waals surface area contributed by atoms with E-state index in [0.29, 0.717) is 0 Å². The summed E-state index contributed by atoms with van der Waals surface area (Å²) in [7, 11) is 0. The van der Waals surface area contributed by atoms with Crippen molar-refractivity contribution in [3.63, 3.8) is 0 Å². The Morgan fingerprint density at radius 1 is 0.708 bits per heavy atom. The maximum absolute atomic E-state index is 11.5. The molecule has 0 aliphatic carbocycles. The van der Waals surface area contributed by atoms with Gasteiger partial charge in [0.2, 0.25) is 0 Å². The molecular weight excluding hydrogens is 294 g/mol. The summed E-state index contributed by atoms with van der Waals surface area (Å²) in [5.74, 6) is 0.0915. The molecule has 0 radical (unpaired) electrons. The third-order valence-electron chi connectivity index (χ3n) is 4.11. The van der Waals surface area contributed by atoms with Crippen LogP contribution in [0.25, 0.3) is 27.5 Å². The summed E-state index contributed by atoms with van der Waals surface area (Å²) in [6.45, 7) is 5.59. The van der Waals surface area contributed by atoms with Crippen molar-refractivity contribution >= 4 is 27.6 Å². The van der Waals surface area contributed by atoms with E-state index in [0.717, 1.165) is 11.3 Å². The van der Waals surface area contributed by atoms with Crippen molar-refractivity contribution in [2.45, 2.75) is 20.8 Å². The van der Waals surface area contributed by atoms with E-state index in [1.54, 1.807) is 6.92 Å². The van der Waals surface area contributed by atoms with Crippen LogP contribution in [0.2, 0.25) is 0 Å². The fourth-order valence-corrected chi connectivity index (χ4v) is 3.05. The highest BCUT2D eigenvalue weighted by Gasteiger charge is 2.11. The van der Waals surface area contributed by atoms with E-state index >= 15 is 0 Å². The minimum atomic E-state index is 0.0915.